The van der Waals surface area contributed by atoms with Crippen molar-refractivity contribution in [3.63, 3.8) is 0 Å². The van der Waals surface area contributed by atoms with Crippen molar-refractivity contribution in [2.24, 2.45) is 0 Å². The molecule has 0 unspecified atom stereocenters. The highest BCUT2D eigenvalue weighted by Gasteiger charge is 2.37. The number of aryl methyl sites for hydroxylation is 1. The molecule has 38 heavy (non-hydrogen) atoms. The Morgan fingerprint density at radius 3 is 2.71 bits per heavy atom. The molecule has 0 radical (unpaired) electrons. The maximum atomic E-state index is 15.0. The minimum atomic E-state index is -4.86. The quantitative estimate of drug-likeness (QED) is 0.308. The SMILES string of the molecule is C[C@@H](CCCn1ccc2cc(-c3nc(N)ccc3C#N)c(F)cc2c1=O)Nc1cn[nH]c(=O)c1C(F)(F)F. The van der Waals surface area contributed by atoms with E-state index in [0.717, 1.165) is 12.3 Å². The smallest absolute Gasteiger partial charge is 0.384 e. The van der Waals surface area contributed by atoms with Crippen LogP contribution in [0, 0.1) is 17.1 Å². The van der Waals surface area contributed by atoms with E-state index in [4.69, 9.17) is 5.73 Å². The number of nitriles is 1. The number of nitrogens with two attached hydrogens (primary N) is 1. The van der Waals surface area contributed by atoms with Gasteiger partial charge >= 0.3 is 6.18 Å². The van der Waals surface area contributed by atoms with E-state index in [9.17, 15) is 28.0 Å². The second-order valence-electron chi connectivity index (χ2n) is 8.65. The molecular weight excluding hydrogens is 506 g/mol. The van der Waals surface area contributed by atoms with Crippen molar-refractivity contribution in [3.8, 4) is 17.3 Å². The van der Waals surface area contributed by atoms with Crippen LogP contribution in [0.2, 0.25) is 0 Å². The summed E-state index contributed by atoms with van der Waals surface area (Å²) in [5.74, 6) is -0.630. The normalized spacial score (nSPS) is 12.3. The molecule has 0 fully saturated rings. The molecule has 1 aromatic carbocycles. The fourth-order valence-corrected chi connectivity index (χ4v) is 4.13. The molecule has 3 aromatic heterocycles. The minimum Gasteiger partial charge on any atom is -0.384 e. The van der Waals surface area contributed by atoms with Crippen molar-refractivity contribution >= 4 is 22.3 Å². The number of pyridine rings is 2. The van der Waals surface area contributed by atoms with E-state index in [-0.39, 0.29) is 34.6 Å². The average molecular weight is 527 g/mol. The van der Waals surface area contributed by atoms with E-state index in [2.05, 4.69) is 15.4 Å². The van der Waals surface area contributed by atoms with Gasteiger partial charge in [0.15, 0.2) is 0 Å². The number of aromatic amines is 1. The molecule has 0 aliphatic rings. The van der Waals surface area contributed by atoms with E-state index >= 15 is 4.39 Å². The van der Waals surface area contributed by atoms with Gasteiger partial charge in [-0.05, 0) is 55.5 Å². The van der Waals surface area contributed by atoms with E-state index < -0.39 is 40.4 Å². The topological polar surface area (TPSA) is 142 Å². The highest BCUT2D eigenvalue weighted by Crippen LogP contribution is 2.32. The van der Waals surface area contributed by atoms with Crippen LogP contribution < -0.4 is 22.2 Å². The molecule has 0 aliphatic heterocycles. The summed E-state index contributed by atoms with van der Waals surface area (Å²) in [5, 5.41) is 17.8. The molecule has 0 aliphatic carbocycles. The summed E-state index contributed by atoms with van der Waals surface area (Å²) >= 11 is 0. The van der Waals surface area contributed by atoms with Gasteiger partial charge in [-0.15, -0.1) is 0 Å². The van der Waals surface area contributed by atoms with Crippen molar-refractivity contribution in [3.05, 3.63) is 80.4 Å². The fraction of sp³-hybridized carbons (Fsp3) is 0.240. The molecule has 196 valence electrons. The molecule has 0 bridgehead atoms. The number of benzene rings is 1. The van der Waals surface area contributed by atoms with Crippen molar-refractivity contribution in [1.82, 2.24) is 19.7 Å². The van der Waals surface area contributed by atoms with Crippen LogP contribution in [0.3, 0.4) is 0 Å². The second-order valence-corrected chi connectivity index (χ2v) is 8.65. The summed E-state index contributed by atoms with van der Waals surface area (Å²) in [7, 11) is 0. The molecule has 1 atom stereocenters. The first-order chi connectivity index (χ1) is 18.0. The zero-order valence-electron chi connectivity index (χ0n) is 19.9. The van der Waals surface area contributed by atoms with Crippen molar-refractivity contribution in [2.75, 3.05) is 11.1 Å². The number of nitrogen functional groups attached to an aromatic ring is 1. The van der Waals surface area contributed by atoms with Crippen LogP contribution >= 0.6 is 0 Å². The lowest BCUT2D eigenvalue weighted by molar-refractivity contribution is -0.138. The average Bonchev–Trinajstić information content (AvgIpc) is 2.84. The zero-order valence-corrected chi connectivity index (χ0v) is 19.9. The van der Waals surface area contributed by atoms with Gasteiger partial charge in [0.25, 0.3) is 11.1 Å². The molecule has 9 nitrogen and oxygen atoms in total. The van der Waals surface area contributed by atoms with Crippen LogP contribution in [0.15, 0.2) is 52.3 Å². The molecule has 4 N–H and O–H groups in total. The van der Waals surface area contributed by atoms with Crippen LogP contribution in [0.4, 0.5) is 29.1 Å². The Hall–Kier alpha value is -4.73. The summed E-state index contributed by atoms with van der Waals surface area (Å²) in [6.45, 7) is 1.86. The minimum absolute atomic E-state index is 0.0332. The van der Waals surface area contributed by atoms with Gasteiger partial charge < -0.3 is 15.6 Å². The third kappa shape index (κ3) is 5.34. The molecule has 4 rings (SSSR count). The Bertz CT molecular complexity index is 1670. The molecule has 0 saturated carbocycles. The van der Waals surface area contributed by atoms with Gasteiger partial charge in [0, 0.05) is 24.3 Å². The standard InChI is InChI=1S/C25H21F4N7O2/c1-13(33-19-12-32-35-23(37)21(19)25(27,28)29)3-2-7-36-8-6-14-9-17(18(26)10-16(14)24(36)38)22-15(11-30)4-5-20(31)34-22/h4-6,8-10,12-13H,2-3,7H2,1H3,(H2,31,34)(H2,33,35,37)/t13-/m0/s1. The molecular formula is C25H21F4N7O2. The first-order valence-corrected chi connectivity index (χ1v) is 11.4. The predicted molar refractivity (Wildman–Crippen MR) is 133 cm³/mol. The lowest BCUT2D eigenvalue weighted by atomic mass is 10.0. The maximum absolute atomic E-state index is 15.0. The van der Waals surface area contributed by atoms with E-state index in [0.29, 0.717) is 18.2 Å². The zero-order chi connectivity index (χ0) is 27.6. The lowest BCUT2D eigenvalue weighted by Gasteiger charge is -2.18. The number of rotatable bonds is 7. The molecule has 0 amide bonds. The third-order valence-electron chi connectivity index (χ3n) is 5.93. The van der Waals surface area contributed by atoms with Crippen LogP contribution in [-0.4, -0.2) is 25.8 Å². The number of alkyl halides is 3. The van der Waals surface area contributed by atoms with Gasteiger partial charge in [0.1, 0.15) is 23.3 Å². The van der Waals surface area contributed by atoms with E-state index in [1.165, 1.54) is 29.0 Å². The number of fused-ring (bicyclic) bond motifs is 1. The Morgan fingerprint density at radius 1 is 1.24 bits per heavy atom. The largest absolute Gasteiger partial charge is 0.423 e. The highest BCUT2D eigenvalue weighted by atomic mass is 19.4. The van der Waals surface area contributed by atoms with E-state index in [1.54, 1.807) is 18.1 Å². The fourth-order valence-electron chi connectivity index (χ4n) is 4.13. The number of hydrogen-bond donors (Lipinski definition) is 3. The molecule has 3 heterocycles. The summed E-state index contributed by atoms with van der Waals surface area (Å²) in [5.41, 5.74) is 2.35. The van der Waals surface area contributed by atoms with Crippen LogP contribution in [0.5, 0.6) is 0 Å². The summed E-state index contributed by atoms with van der Waals surface area (Å²) in [6, 6.07) is 8.47. The number of H-pyrrole nitrogens is 1. The van der Waals surface area contributed by atoms with Crippen LogP contribution in [0.25, 0.3) is 22.0 Å². The molecule has 0 saturated heterocycles. The first-order valence-electron chi connectivity index (χ1n) is 11.4. The van der Waals surface area contributed by atoms with Gasteiger partial charge in [0.05, 0.1) is 28.5 Å². The van der Waals surface area contributed by atoms with Gasteiger partial charge in [-0.2, -0.15) is 23.5 Å². The van der Waals surface area contributed by atoms with Crippen molar-refractivity contribution in [2.45, 2.75) is 38.5 Å². The van der Waals surface area contributed by atoms with Crippen molar-refractivity contribution < 1.29 is 17.6 Å². The van der Waals surface area contributed by atoms with Gasteiger partial charge in [-0.25, -0.2) is 14.5 Å². The Kier molecular flexibility index (Phi) is 7.16. The summed E-state index contributed by atoms with van der Waals surface area (Å²) < 4.78 is 56.1. The Balaban J connectivity index is 1.51. The number of halogens is 4. The maximum Gasteiger partial charge on any atom is 0.423 e. The Morgan fingerprint density at radius 2 is 2.00 bits per heavy atom. The molecule has 13 heteroatoms. The first kappa shape index (κ1) is 26.3. The number of nitrogens with one attached hydrogen (secondary N) is 2. The van der Waals surface area contributed by atoms with Crippen LogP contribution in [0.1, 0.15) is 30.9 Å². The van der Waals surface area contributed by atoms with Gasteiger partial charge in [0.2, 0.25) is 0 Å². The molecule has 4 aromatic rings. The lowest BCUT2D eigenvalue weighted by Crippen LogP contribution is -2.27. The molecule has 0 spiro atoms. The number of nitrogens with zero attached hydrogens (tertiary/aromatic N) is 4. The third-order valence-corrected chi connectivity index (χ3v) is 5.93. The Labute approximate surface area is 212 Å². The summed E-state index contributed by atoms with van der Waals surface area (Å²) in [6.07, 6.45) is -1.66. The predicted octanol–water partition coefficient (Wildman–Crippen LogP) is 4.04. The van der Waals surface area contributed by atoms with Gasteiger partial charge in [-0.3, -0.25) is 9.59 Å². The van der Waals surface area contributed by atoms with Gasteiger partial charge in [-0.1, -0.05) is 0 Å². The van der Waals surface area contributed by atoms with E-state index in [1.807, 2.05) is 6.07 Å². The van der Waals surface area contributed by atoms with Crippen LogP contribution in [-0.2, 0) is 12.7 Å². The number of aromatic nitrogens is 4. The summed E-state index contributed by atoms with van der Waals surface area (Å²) in [4.78, 5) is 28.7. The number of hydrogen-bond acceptors (Lipinski definition) is 7. The number of anilines is 2. The monoisotopic (exact) mass is 527 g/mol. The second kappa shape index (κ2) is 10.3. The highest BCUT2D eigenvalue weighted by molar-refractivity contribution is 5.87. The van der Waals surface area contributed by atoms with Crippen molar-refractivity contribution in [1.29, 1.82) is 5.26 Å².